The summed E-state index contributed by atoms with van der Waals surface area (Å²) >= 11 is 6.45. The van der Waals surface area contributed by atoms with Gasteiger partial charge in [-0.15, -0.1) is 0 Å². The molecule has 1 saturated heterocycles. The molecule has 1 aliphatic rings. The third kappa shape index (κ3) is 6.15. The molecular weight excluding hydrogens is 530 g/mol. The Morgan fingerprint density at radius 3 is 2.48 bits per heavy atom. The van der Waals surface area contributed by atoms with Crippen molar-refractivity contribution in [1.82, 2.24) is 5.32 Å². The van der Waals surface area contributed by atoms with E-state index in [2.05, 4.69) is 30.1 Å². The molecule has 0 unspecified atom stereocenters. The third-order valence-electron chi connectivity index (χ3n) is 6.56. The average molecular weight is 564 g/mol. The van der Waals surface area contributed by atoms with Crippen LogP contribution in [0.25, 0.3) is 21.9 Å². The van der Waals surface area contributed by atoms with Gasteiger partial charge in [-0.2, -0.15) is 0 Å². The molecule has 210 valence electrons. The van der Waals surface area contributed by atoms with Gasteiger partial charge in [0.25, 0.3) is 0 Å². The minimum atomic E-state index is -1.06. The molecule has 7 nitrogen and oxygen atoms in total. The highest BCUT2D eigenvalue weighted by molar-refractivity contribution is 6.34. The Bertz CT molecular complexity index is 1620. The van der Waals surface area contributed by atoms with Crippen molar-refractivity contribution in [2.24, 2.45) is 0 Å². The number of alkyl carbamates (subject to hydrolysis) is 1. The molecule has 0 radical (unpaired) electrons. The number of ether oxygens (including phenoxy) is 3. The molecule has 2 aromatic heterocycles. The summed E-state index contributed by atoms with van der Waals surface area (Å²) in [4.78, 5) is 12.8. The zero-order chi connectivity index (χ0) is 28.7. The summed E-state index contributed by atoms with van der Waals surface area (Å²) in [6.45, 7) is 11.5. The molecule has 40 heavy (non-hydrogen) atoms. The van der Waals surface area contributed by atoms with Crippen molar-refractivity contribution in [2.45, 2.75) is 71.3 Å². The van der Waals surface area contributed by atoms with Gasteiger partial charge in [-0.1, -0.05) is 30.9 Å². The van der Waals surface area contributed by atoms with E-state index in [1.54, 1.807) is 0 Å². The fraction of sp³-hybridized carbons (Fsp3) is 0.406. The normalized spacial score (nSPS) is 16.5. The maximum absolute atomic E-state index is 12.8. The van der Waals surface area contributed by atoms with Crippen LogP contribution in [-0.4, -0.2) is 30.7 Å². The van der Waals surface area contributed by atoms with E-state index in [1.165, 1.54) is 5.56 Å². The zero-order valence-electron chi connectivity index (χ0n) is 23.7. The molecule has 3 heterocycles. The van der Waals surface area contributed by atoms with Crippen LogP contribution in [0.2, 0.25) is 5.02 Å². The van der Waals surface area contributed by atoms with E-state index in [0.29, 0.717) is 27.7 Å². The van der Waals surface area contributed by atoms with E-state index in [0.717, 1.165) is 29.2 Å². The van der Waals surface area contributed by atoms with Gasteiger partial charge in [0.1, 0.15) is 22.5 Å². The number of hydrogen-bond donors (Lipinski definition) is 1. The summed E-state index contributed by atoms with van der Waals surface area (Å²) in [5.41, 5.74) is 1.53. The fourth-order valence-electron chi connectivity index (χ4n) is 4.61. The molecule has 0 aliphatic carbocycles. The number of carbonyl (C=O) groups is 1. The average Bonchev–Trinajstić information content (AvgIpc) is 3.48. The predicted molar refractivity (Wildman–Crippen MR) is 154 cm³/mol. The molecule has 5 rings (SSSR count). The monoisotopic (exact) mass is 563 g/mol. The number of rotatable bonds is 4. The van der Waals surface area contributed by atoms with Gasteiger partial charge >= 0.3 is 6.09 Å². The second-order valence-electron chi connectivity index (χ2n) is 11.7. The van der Waals surface area contributed by atoms with Crippen molar-refractivity contribution in [3.05, 3.63) is 70.1 Å². The van der Waals surface area contributed by atoms with Crippen molar-refractivity contribution in [3.63, 3.8) is 0 Å². The molecule has 4 aromatic rings. The molecule has 0 atom stereocenters. The number of nitrogens with one attached hydrogen (secondary N) is 1. The van der Waals surface area contributed by atoms with Gasteiger partial charge in [-0.3, -0.25) is 0 Å². The summed E-state index contributed by atoms with van der Waals surface area (Å²) in [5.74, 6) is 6.54. The van der Waals surface area contributed by atoms with Crippen LogP contribution < -0.4 is 5.32 Å². The van der Waals surface area contributed by atoms with Gasteiger partial charge in [-0.05, 0) is 88.9 Å². The number of aryl methyl sites for hydroxylation is 1. The number of halogens is 1. The first-order valence-corrected chi connectivity index (χ1v) is 13.8. The largest absolute Gasteiger partial charge is 0.458 e. The SMILES string of the molecule is CCCc1cc(Cl)c2oc(C#Cc3ccc4oc(C5(NC(=O)OC(C)(C)C)COC(C)(C)OC5)cc4c3)cc2c1. The third-order valence-corrected chi connectivity index (χ3v) is 6.84. The lowest BCUT2D eigenvalue weighted by Crippen LogP contribution is -2.59. The molecule has 2 aromatic carbocycles. The minimum absolute atomic E-state index is 0.153. The van der Waals surface area contributed by atoms with E-state index in [4.69, 9.17) is 34.6 Å². The highest BCUT2D eigenvalue weighted by Gasteiger charge is 2.46. The van der Waals surface area contributed by atoms with E-state index in [-0.39, 0.29) is 13.2 Å². The molecule has 0 saturated carbocycles. The van der Waals surface area contributed by atoms with Crippen LogP contribution >= 0.6 is 11.6 Å². The summed E-state index contributed by atoms with van der Waals surface area (Å²) in [7, 11) is 0. The number of fused-ring (bicyclic) bond motifs is 2. The molecule has 0 bridgehead atoms. The van der Waals surface area contributed by atoms with Crippen LogP contribution in [0.5, 0.6) is 0 Å². The number of carbonyl (C=O) groups excluding carboxylic acids is 1. The topological polar surface area (TPSA) is 83.1 Å². The molecule has 8 heteroatoms. The van der Waals surface area contributed by atoms with Crippen LogP contribution in [-0.2, 0) is 26.2 Å². The van der Waals surface area contributed by atoms with Crippen LogP contribution in [0.3, 0.4) is 0 Å². The first kappa shape index (κ1) is 28.1. The van der Waals surface area contributed by atoms with Gasteiger partial charge in [-0.25, -0.2) is 4.79 Å². The Labute approximate surface area is 239 Å². The number of furan rings is 2. The van der Waals surface area contributed by atoms with Crippen molar-refractivity contribution in [1.29, 1.82) is 0 Å². The quantitative estimate of drug-likeness (QED) is 0.256. The van der Waals surface area contributed by atoms with E-state index >= 15 is 0 Å². The lowest BCUT2D eigenvalue weighted by molar-refractivity contribution is -0.274. The standard InChI is InChI=1S/C32H34ClNO6/c1-7-8-21-14-23-16-24(38-28(23)25(33)15-21)11-9-20-10-12-26-22(13-20)17-27(39-26)32(18-36-31(5,6)37-19-32)34-29(35)40-30(2,3)4/h10,12-17H,7-8,18-19H2,1-6H3,(H,34,35). The van der Waals surface area contributed by atoms with Crippen molar-refractivity contribution in [2.75, 3.05) is 13.2 Å². The first-order chi connectivity index (χ1) is 18.8. The van der Waals surface area contributed by atoms with Crippen LogP contribution in [0, 0.1) is 11.8 Å². The van der Waals surface area contributed by atoms with E-state index < -0.39 is 23.0 Å². The molecule has 1 fully saturated rings. The van der Waals surface area contributed by atoms with Gasteiger partial charge in [0.2, 0.25) is 0 Å². The molecule has 1 N–H and O–H groups in total. The Morgan fingerprint density at radius 1 is 1.02 bits per heavy atom. The maximum atomic E-state index is 12.8. The van der Waals surface area contributed by atoms with Crippen molar-refractivity contribution in [3.8, 4) is 11.8 Å². The molecular formula is C32H34ClNO6. The van der Waals surface area contributed by atoms with Gasteiger partial charge < -0.3 is 28.4 Å². The van der Waals surface area contributed by atoms with Crippen LogP contribution in [0.1, 0.15) is 70.6 Å². The number of benzene rings is 2. The smallest absolute Gasteiger partial charge is 0.408 e. The summed E-state index contributed by atoms with van der Waals surface area (Å²) in [5, 5.41) is 5.30. The molecule has 0 spiro atoms. The van der Waals surface area contributed by atoms with Crippen LogP contribution in [0.4, 0.5) is 4.79 Å². The lowest BCUT2D eigenvalue weighted by atomic mass is 9.96. The summed E-state index contributed by atoms with van der Waals surface area (Å²) in [6, 6.07) is 13.5. The number of hydrogen-bond acceptors (Lipinski definition) is 6. The van der Waals surface area contributed by atoms with E-state index in [1.807, 2.05) is 71.0 Å². The summed E-state index contributed by atoms with van der Waals surface area (Å²) < 4.78 is 29.5. The predicted octanol–water partition coefficient (Wildman–Crippen LogP) is 7.69. The highest BCUT2D eigenvalue weighted by Crippen LogP contribution is 2.35. The minimum Gasteiger partial charge on any atom is -0.458 e. The number of amides is 1. The Hall–Kier alpha value is -3.44. The van der Waals surface area contributed by atoms with E-state index in [9.17, 15) is 4.79 Å². The van der Waals surface area contributed by atoms with Crippen LogP contribution in [0.15, 0.2) is 51.3 Å². The van der Waals surface area contributed by atoms with Gasteiger partial charge in [0, 0.05) is 22.4 Å². The van der Waals surface area contributed by atoms with Gasteiger partial charge in [0.15, 0.2) is 17.1 Å². The lowest BCUT2D eigenvalue weighted by Gasteiger charge is -2.42. The first-order valence-electron chi connectivity index (χ1n) is 13.4. The highest BCUT2D eigenvalue weighted by atomic mass is 35.5. The maximum Gasteiger partial charge on any atom is 0.408 e. The second kappa shape index (κ2) is 10.5. The molecule has 1 aliphatic heterocycles. The Balaban J connectivity index is 1.43. The van der Waals surface area contributed by atoms with Crippen molar-refractivity contribution < 1.29 is 27.8 Å². The van der Waals surface area contributed by atoms with Gasteiger partial charge in [0.05, 0.1) is 18.2 Å². The molecule has 1 amide bonds. The Morgan fingerprint density at radius 2 is 1.77 bits per heavy atom. The Kier molecular flexibility index (Phi) is 7.39. The van der Waals surface area contributed by atoms with Crippen molar-refractivity contribution >= 4 is 39.6 Å². The summed E-state index contributed by atoms with van der Waals surface area (Å²) in [6.07, 6.45) is 1.42. The zero-order valence-corrected chi connectivity index (χ0v) is 24.5. The fourth-order valence-corrected chi connectivity index (χ4v) is 4.89. The second-order valence-corrected chi connectivity index (χ2v) is 12.1.